The molecule has 0 bridgehead atoms. The molecule has 2 amide bonds. The Bertz CT molecular complexity index is 877. The molecule has 2 heterocycles. The Hall–Kier alpha value is -3.42. The molecule has 4 rings (SSSR count). The summed E-state index contributed by atoms with van der Waals surface area (Å²) in [5.41, 5.74) is 1.09. The lowest BCUT2D eigenvalue weighted by Crippen LogP contribution is -2.39. The summed E-state index contributed by atoms with van der Waals surface area (Å²) in [5.74, 6) is 0.166. The molecule has 2 aliphatic heterocycles. The molecule has 1 fully saturated rings. The lowest BCUT2D eigenvalue weighted by molar-refractivity contribution is -0.121. The van der Waals surface area contributed by atoms with E-state index in [1.54, 1.807) is 18.2 Å². The molecule has 2 atom stereocenters. The van der Waals surface area contributed by atoms with Gasteiger partial charge in [0.1, 0.15) is 11.5 Å². The number of nitrogens with zero attached hydrogens (tertiary/aromatic N) is 4. The number of methoxy groups -OCH3 is 2. The van der Waals surface area contributed by atoms with Gasteiger partial charge in [-0.25, -0.2) is 9.91 Å². The molecule has 8 heteroatoms. The van der Waals surface area contributed by atoms with Crippen LogP contribution in [0, 0.1) is 0 Å². The smallest absolute Gasteiger partial charge is 0.263 e. The fourth-order valence-corrected chi connectivity index (χ4v) is 3.13. The third kappa shape index (κ3) is 2.38. The fourth-order valence-electron chi connectivity index (χ4n) is 3.13. The minimum Gasteiger partial charge on any atom is -0.497 e. The van der Waals surface area contributed by atoms with Gasteiger partial charge in [0.2, 0.25) is 0 Å². The van der Waals surface area contributed by atoms with E-state index in [1.165, 1.54) is 19.2 Å². The summed E-state index contributed by atoms with van der Waals surface area (Å²) in [5, 5.41) is 9.54. The molecule has 1 saturated heterocycles. The van der Waals surface area contributed by atoms with E-state index in [-0.39, 0.29) is 5.91 Å². The second-order valence-electron chi connectivity index (χ2n) is 5.86. The van der Waals surface area contributed by atoms with Crippen molar-refractivity contribution in [1.29, 1.82) is 0 Å². The molecule has 0 aliphatic carbocycles. The normalized spacial score (nSPS) is 21.3. The van der Waals surface area contributed by atoms with Crippen LogP contribution in [0.25, 0.3) is 0 Å². The largest absolute Gasteiger partial charge is 0.497 e. The van der Waals surface area contributed by atoms with Crippen molar-refractivity contribution in [2.24, 2.45) is 10.3 Å². The molecule has 0 radical (unpaired) electrons. The fraction of sp³-hybridized carbons (Fsp3) is 0.222. The molecule has 0 unspecified atom stereocenters. The third-order valence-electron chi connectivity index (χ3n) is 4.40. The summed E-state index contributed by atoms with van der Waals surface area (Å²) < 4.78 is 10.5. The minimum atomic E-state index is -0.861. The SMILES string of the molecule is COc1cc(OC)cc(N2C(=O)[C@H]3N=NN(c4ccccc4)[C@@H]3C2=O)c1. The van der Waals surface area contributed by atoms with Gasteiger partial charge in [-0.15, -0.1) is 0 Å². The van der Waals surface area contributed by atoms with E-state index in [2.05, 4.69) is 10.3 Å². The third-order valence-corrected chi connectivity index (χ3v) is 4.40. The molecular formula is C18H16N4O4. The molecule has 132 valence electrons. The molecule has 8 nitrogen and oxygen atoms in total. The Kier molecular flexibility index (Phi) is 3.80. The van der Waals surface area contributed by atoms with Crippen LogP contribution in [-0.4, -0.2) is 38.1 Å². The standard InChI is InChI=1S/C18H16N4O4/c1-25-13-8-12(9-14(10-13)26-2)21-17(23)15-16(18(21)24)22(20-19-15)11-6-4-3-5-7-11/h3-10,15-16H,1-2H3/t15-,16-/m0/s1. The zero-order valence-corrected chi connectivity index (χ0v) is 14.2. The number of hydrogen-bond donors (Lipinski definition) is 0. The highest BCUT2D eigenvalue weighted by atomic mass is 16.5. The number of fused-ring (bicyclic) bond motifs is 1. The number of amides is 2. The van der Waals surface area contributed by atoms with Crippen molar-refractivity contribution in [2.45, 2.75) is 12.1 Å². The Morgan fingerprint density at radius 3 is 2.15 bits per heavy atom. The van der Waals surface area contributed by atoms with Gasteiger partial charge in [-0.1, -0.05) is 23.4 Å². The van der Waals surface area contributed by atoms with Gasteiger partial charge in [0.05, 0.1) is 25.6 Å². The van der Waals surface area contributed by atoms with Crippen molar-refractivity contribution < 1.29 is 19.1 Å². The van der Waals surface area contributed by atoms with Gasteiger partial charge < -0.3 is 9.47 Å². The van der Waals surface area contributed by atoms with Gasteiger partial charge in [-0.2, -0.15) is 5.11 Å². The Labute approximate surface area is 149 Å². The topological polar surface area (TPSA) is 83.8 Å². The van der Waals surface area contributed by atoms with Crippen LogP contribution in [0.15, 0.2) is 58.9 Å². The van der Waals surface area contributed by atoms with E-state index < -0.39 is 18.0 Å². The van der Waals surface area contributed by atoms with Gasteiger partial charge in [0.15, 0.2) is 12.1 Å². The van der Waals surface area contributed by atoms with Gasteiger partial charge in [-0.3, -0.25) is 9.59 Å². The second-order valence-corrected chi connectivity index (χ2v) is 5.86. The van der Waals surface area contributed by atoms with Crippen molar-refractivity contribution in [1.82, 2.24) is 0 Å². The number of ether oxygens (including phenoxy) is 2. The van der Waals surface area contributed by atoms with Crippen LogP contribution < -0.4 is 19.4 Å². The number of anilines is 2. The first-order valence-corrected chi connectivity index (χ1v) is 8.00. The highest BCUT2D eigenvalue weighted by Crippen LogP contribution is 2.37. The summed E-state index contributed by atoms with van der Waals surface area (Å²) in [6, 6.07) is 12.4. The van der Waals surface area contributed by atoms with Crippen LogP contribution in [0.2, 0.25) is 0 Å². The zero-order chi connectivity index (χ0) is 18.3. The summed E-state index contributed by atoms with van der Waals surface area (Å²) >= 11 is 0. The predicted octanol–water partition coefficient (Wildman–Crippen LogP) is 2.20. The van der Waals surface area contributed by atoms with E-state index >= 15 is 0 Å². The van der Waals surface area contributed by atoms with E-state index in [0.29, 0.717) is 22.9 Å². The molecule has 2 aromatic carbocycles. The average molecular weight is 352 g/mol. The Morgan fingerprint density at radius 1 is 0.885 bits per heavy atom. The Morgan fingerprint density at radius 2 is 1.54 bits per heavy atom. The van der Waals surface area contributed by atoms with Crippen LogP contribution in [0.3, 0.4) is 0 Å². The second kappa shape index (κ2) is 6.14. The van der Waals surface area contributed by atoms with Crippen molar-refractivity contribution in [2.75, 3.05) is 24.1 Å². The minimum absolute atomic E-state index is 0.383. The van der Waals surface area contributed by atoms with Crippen molar-refractivity contribution in [3.8, 4) is 11.5 Å². The highest BCUT2D eigenvalue weighted by Gasteiger charge is 2.55. The van der Waals surface area contributed by atoms with Crippen LogP contribution >= 0.6 is 0 Å². The van der Waals surface area contributed by atoms with Crippen molar-refractivity contribution >= 4 is 23.2 Å². The number of hydrogen-bond acceptors (Lipinski definition) is 7. The summed E-state index contributed by atoms with van der Waals surface area (Å²) in [4.78, 5) is 27.0. The summed E-state index contributed by atoms with van der Waals surface area (Å²) in [6.07, 6.45) is 0. The van der Waals surface area contributed by atoms with E-state index in [0.717, 1.165) is 4.90 Å². The summed E-state index contributed by atoms with van der Waals surface area (Å²) in [6.45, 7) is 0. The van der Waals surface area contributed by atoms with Crippen molar-refractivity contribution in [3.63, 3.8) is 0 Å². The molecule has 26 heavy (non-hydrogen) atoms. The number of rotatable bonds is 4. The number of benzene rings is 2. The van der Waals surface area contributed by atoms with Gasteiger partial charge in [0.25, 0.3) is 11.8 Å². The maximum absolute atomic E-state index is 13.0. The number of imide groups is 1. The predicted molar refractivity (Wildman–Crippen MR) is 93.4 cm³/mol. The molecule has 0 N–H and O–H groups in total. The molecular weight excluding hydrogens is 336 g/mol. The van der Waals surface area contributed by atoms with Crippen LogP contribution in [0.5, 0.6) is 11.5 Å². The molecule has 0 aromatic heterocycles. The first kappa shape index (κ1) is 16.1. The van der Waals surface area contributed by atoms with Crippen molar-refractivity contribution in [3.05, 3.63) is 48.5 Å². The quantitative estimate of drug-likeness (QED) is 0.788. The van der Waals surface area contributed by atoms with E-state index in [1.807, 2.05) is 30.3 Å². The lowest BCUT2D eigenvalue weighted by Gasteiger charge is -2.21. The number of carbonyl (C=O) groups excluding carboxylic acids is 2. The Balaban J connectivity index is 1.72. The zero-order valence-electron chi connectivity index (χ0n) is 14.2. The number of carbonyl (C=O) groups is 2. The molecule has 0 saturated carbocycles. The van der Waals surface area contributed by atoms with Gasteiger partial charge in [-0.05, 0) is 12.1 Å². The van der Waals surface area contributed by atoms with Crippen LogP contribution in [-0.2, 0) is 9.59 Å². The van der Waals surface area contributed by atoms with Gasteiger partial charge in [0, 0.05) is 18.2 Å². The monoisotopic (exact) mass is 352 g/mol. The number of para-hydroxylation sites is 1. The highest BCUT2D eigenvalue weighted by molar-refractivity contribution is 6.26. The van der Waals surface area contributed by atoms with Crippen LogP contribution in [0.1, 0.15) is 0 Å². The molecule has 2 aliphatic rings. The molecule has 0 spiro atoms. The maximum Gasteiger partial charge on any atom is 0.263 e. The first-order valence-electron chi connectivity index (χ1n) is 8.00. The maximum atomic E-state index is 13.0. The summed E-state index contributed by atoms with van der Waals surface area (Å²) in [7, 11) is 3.01. The van der Waals surface area contributed by atoms with E-state index in [4.69, 9.17) is 9.47 Å². The van der Waals surface area contributed by atoms with E-state index in [9.17, 15) is 9.59 Å². The van der Waals surface area contributed by atoms with Crippen LogP contribution in [0.4, 0.5) is 11.4 Å². The molecule has 2 aromatic rings. The average Bonchev–Trinajstić information content (AvgIpc) is 3.22. The first-order chi connectivity index (χ1) is 12.6. The van der Waals surface area contributed by atoms with Gasteiger partial charge >= 0.3 is 0 Å². The lowest BCUT2D eigenvalue weighted by atomic mass is 10.1.